The van der Waals surface area contributed by atoms with Crippen molar-refractivity contribution in [3.8, 4) is 0 Å². The molecule has 0 aliphatic rings. The molecule has 0 aliphatic heterocycles. The standard InChI is InChI=1S/C18H17Cl2N3O4/c1-10(8-16(24)22-13-5-2-11(19)3-6-13)17(25)23(21)15-7-4-12(20)9-14(15)18(26)27/h2-7,9-10H,8,21H2,1H3,(H,22,24)(H,26,27). The first-order valence-electron chi connectivity index (χ1n) is 7.86. The molecule has 2 amide bonds. The number of amides is 2. The molecule has 1 atom stereocenters. The molecule has 0 spiro atoms. The van der Waals surface area contributed by atoms with Crippen LogP contribution in [-0.2, 0) is 9.59 Å². The summed E-state index contributed by atoms with van der Waals surface area (Å²) in [6.07, 6.45) is -0.134. The summed E-state index contributed by atoms with van der Waals surface area (Å²) in [5.41, 5.74) is 0.317. The van der Waals surface area contributed by atoms with Crippen LogP contribution in [0.25, 0.3) is 0 Å². The number of hydrogen-bond donors (Lipinski definition) is 3. The van der Waals surface area contributed by atoms with E-state index in [9.17, 15) is 19.5 Å². The molecule has 0 aliphatic carbocycles. The molecule has 0 saturated heterocycles. The van der Waals surface area contributed by atoms with E-state index in [4.69, 9.17) is 29.0 Å². The maximum atomic E-state index is 12.5. The Morgan fingerprint density at radius 3 is 2.30 bits per heavy atom. The lowest BCUT2D eigenvalue weighted by Crippen LogP contribution is -2.42. The van der Waals surface area contributed by atoms with E-state index >= 15 is 0 Å². The zero-order chi connectivity index (χ0) is 20.1. The van der Waals surface area contributed by atoms with Crippen molar-refractivity contribution < 1.29 is 19.5 Å². The number of anilines is 2. The lowest BCUT2D eigenvalue weighted by Gasteiger charge is -2.22. The van der Waals surface area contributed by atoms with Crippen molar-refractivity contribution in [1.82, 2.24) is 0 Å². The van der Waals surface area contributed by atoms with E-state index < -0.39 is 17.8 Å². The monoisotopic (exact) mass is 409 g/mol. The Labute approximate surface area is 165 Å². The second-order valence-electron chi connectivity index (χ2n) is 5.84. The zero-order valence-corrected chi connectivity index (χ0v) is 15.8. The van der Waals surface area contributed by atoms with Gasteiger partial charge in [0, 0.05) is 28.1 Å². The van der Waals surface area contributed by atoms with Gasteiger partial charge in [-0.3, -0.25) is 9.59 Å². The van der Waals surface area contributed by atoms with Gasteiger partial charge in [0.15, 0.2) is 0 Å². The predicted molar refractivity (Wildman–Crippen MR) is 104 cm³/mol. The number of nitrogens with two attached hydrogens (primary N) is 1. The van der Waals surface area contributed by atoms with Crippen molar-refractivity contribution >= 4 is 52.4 Å². The predicted octanol–water partition coefficient (Wildman–Crippen LogP) is 3.56. The Kier molecular flexibility index (Phi) is 6.79. The number of carbonyl (C=O) groups excluding carboxylic acids is 2. The molecular formula is C18H17Cl2N3O4. The average molecular weight is 410 g/mol. The molecule has 2 rings (SSSR count). The largest absolute Gasteiger partial charge is 0.478 e. The summed E-state index contributed by atoms with van der Waals surface area (Å²) in [6, 6.07) is 10.5. The summed E-state index contributed by atoms with van der Waals surface area (Å²) in [5, 5.41) is 13.4. The minimum Gasteiger partial charge on any atom is -0.478 e. The van der Waals surface area contributed by atoms with Crippen molar-refractivity contribution in [3.05, 3.63) is 58.1 Å². The van der Waals surface area contributed by atoms with Crippen LogP contribution in [0.15, 0.2) is 42.5 Å². The number of carboxylic acids is 1. The Bertz CT molecular complexity index is 871. The van der Waals surface area contributed by atoms with Crippen molar-refractivity contribution in [2.24, 2.45) is 11.8 Å². The van der Waals surface area contributed by atoms with E-state index in [2.05, 4.69) is 5.32 Å². The third-order valence-corrected chi connectivity index (χ3v) is 4.21. The first-order chi connectivity index (χ1) is 12.7. The lowest BCUT2D eigenvalue weighted by atomic mass is 10.1. The summed E-state index contributed by atoms with van der Waals surface area (Å²) < 4.78 is 0. The van der Waals surface area contributed by atoms with Crippen molar-refractivity contribution in [3.63, 3.8) is 0 Å². The van der Waals surface area contributed by atoms with Crippen LogP contribution in [-0.4, -0.2) is 22.9 Å². The van der Waals surface area contributed by atoms with Gasteiger partial charge in [0.05, 0.1) is 11.3 Å². The SMILES string of the molecule is CC(CC(=O)Nc1ccc(Cl)cc1)C(=O)N(N)c1ccc(Cl)cc1C(=O)O. The number of carboxylic acid groups (broad SMARTS) is 1. The molecule has 142 valence electrons. The molecule has 9 heteroatoms. The molecule has 7 nitrogen and oxygen atoms in total. The van der Waals surface area contributed by atoms with Crippen LogP contribution in [0.2, 0.25) is 10.0 Å². The van der Waals surface area contributed by atoms with Crippen LogP contribution >= 0.6 is 23.2 Å². The summed E-state index contributed by atoms with van der Waals surface area (Å²) in [5.74, 6) is 2.76. The molecule has 0 aromatic heterocycles. The number of carbonyl (C=O) groups is 3. The van der Waals surface area contributed by atoms with E-state index in [1.165, 1.54) is 25.1 Å². The Morgan fingerprint density at radius 2 is 1.70 bits per heavy atom. The first-order valence-corrected chi connectivity index (χ1v) is 8.61. The number of benzene rings is 2. The highest BCUT2D eigenvalue weighted by Crippen LogP contribution is 2.24. The van der Waals surface area contributed by atoms with Gasteiger partial charge in [0.1, 0.15) is 0 Å². The van der Waals surface area contributed by atoms with Gasteiger partial charge in [-0.1, -0.05) is 30.1 Å². The number of nitrogens with one attached hydrogen (secondary N) is 1. The molecule has 4 N–H and O–H groups in total. The molecule has 0 saturated carbocycles. The molecule has 0 radical (unpaired) electrons. The van der Waals surface area contributed by atoms with Crippen LogP contribution in [0.1, 0.15) is 23.7 Å². The van der Waals surface area contributed by atoms with Crippen LogP contribution in [0.5, 0.6) is 0 Å². The molecule has 27 heavy (non-hydrogen) atoms. The van der Waals surface area contributed by atoms with Gasteiger partial charge in [-0.2, -0.15) is 0 Å². The molecule has 2 aromatic carbocycles. The van der Waals surface area contributed by atoms with E-state index in [1.807, 2.05) is 0 Å². The van der Waals surface area contributed by atoms with E-state index in [0.29, 0.717) is 10.7 Å². The van der Waals surface area contributed by atoms with Gasteiger partial charge in [0.25, 0.3) is 0 Å². The maximum Gasteiger partial charge on any atom is 0.337 e. The Morgan fingerprint density at radius 1 is 1.11 bits per heavy atom. The third kappa shape index (κ3) is 5.43. The van der Waals surface area contributed by atoms with Crippen molar-refractivity contribution in [1.29, 1.82) is 0 Å². The van der Waals surface area contributed by atoms with Gasteiger partial charge in [0.2, 0.25) is 11.8 Å². The minimum absolute atomic E-state index is 0.0122. The highest BCUT2D eigenvalue weighted by atomic mass is 35.5. The third-order valence-electron chi connectivity index (χ3n) is 3.73. The van der Waals surface area contributed by atoms with Crippen LogP contribution in [0, 0.1) is 5.92 Å². The fourth-order valence-electron chi connectivity index (χ4n) is 2.36. The minimum atomic E-state index is -1.27. The zero-order valence-electron chi connectivity index (χ0n) is 14.3. The number of nitrogens with zero attached hydrogens (tertiary/aromatic N) is 1. The van der Waals surface area contributed by atoms with Gasteiger partial charge in [-0.15, -0.1) is 0 Å². The normalized spacial score (nSPS) is 11.6. The van der Waals surface area contributed by atoms with Gasteiger partial charge in [-0.25, -0.2) is 15.6 Å². The summed E-state index contributed by atoms with van der Waals surface area (Å²) in [7, 11) is 0. The summed E-state index contributed by atoms with van der Waals surface area (Å²) >= 11 is 11.6. The smallest absolute Gasteiger partial charge is 0.337 e. The topological polar surface area (TPSA) is 113 Å². The van der Waals surface area contributed by atoms with Gasteiger partial charge >= 0.3 is 5.97 Å². The number of aromatic carboxylic acids is 1. The Balaban J connectivity index is 2.07. The van der Waals surface area contributed by atoms with Crippen LogP contribution in [0.3, 0.4) is 0 Å². The quantitative estimate of drug-likeness (QED) is 0.383. The fraction of sp³-hybridized carbons (Fsp3) is 0.167. The molecule has 2 aromatic rings. The van der Waals surface area contributed by atoms with E-state index in [0.717, 1.165) is 5.01 Å². The van der Waals surface area contributed by atoms with Crippen LogP contribution in [0.4, 0.5) is 11.4 Å². The highest BCUT2D eigenvalue weighted by Gasteiger charge is 2.25. The average Bonchev–Trinajstić information content (AvgIpc) is 2.62. The number of rotatable bonds is 6. The van der Waals surface area contributed by atoms with Crippen molar-refractivity contribution in [2.45, 2.75) is 13.3 Å². The van der Waals surface area contributed by atoms with E-state index in [1.54, 1.807) is 24.3 Å². The lowest BCUT2D eigenvalue weighted by molar-refractivity contribution is -0.126. The number of halogens is 2. The van der Waals surface area contributed by atoms with Gasteiger partial charge < -0.3 is 10.4 Å². The second-order valence-corrected chi connectivity index (χ2v) is 6.71. The molecular weight excluding hydrogens is 393 g/mol. The highest BCUT2D eigenvalue weighted by molar-refractivity contribution is 6.31. The first kappa shape index (κ1) is 20.7. The Hall–Kier alpha value is -2.61. The summed E-state index contributed by atoms with van der Waals surface area (Å²) in [4.78, 5) is 36.0. The molecule has 1 unspecified atom stereocenters. The van der Waals surface area contributed by atoms with Gasteiger partial charge in [-0.05, 0) is 42.5 Å². The fourth-order valence-corrected chi connectivity index (χ4v) is 2.65. The molecule has 0 heterocycles. The summed E-state index contributed by atoms with van der Waals surface area (Å²) in [6.45, 7) is 1.53. The number of hydrazine groups is 1. The second kappa shape index (κ2) is 8.85. The molecule has 0 fully saturated rings. The van der Waals surface area contributed by atoms with E-state index in [-0.39, 0.29) is 28.6 Å². The maximum absolute atomic E-state index is 12.5. The molecule has 0 bridgehead atoms. The van der Waals surface area contributed by atoms with Crippen molar-refractivity contribution in [2.75, 3.05) is 10.3 Å². The number of hydrogen-bond acceptors (Lipinski definition) is 4. The van der Waals surface area contributed by atoms with Crippen LogP contribution < -0.4 is 16.2 Å².